The monoisotopic (exact) mass is 476 g/mol. The van der Waals surface area contributed by atoms with Crippen LogP contribution in [0.2, 0.25) is 0 Å². The number of rotatable bonds is 7. The molecule has 2 heterocycles. The topological polar surface area (TPSA) is 49.5 Å². The van der Waals surface area contributed by atoms with Crippen molar-refractivity contribution in [1.29, 1.82) is 0 Å². The summed E-state index contributed by atoms with van der Waals surface area (Å²) in [5.74, 6) is -1.35. The third-order valence-electron chi connectivity index (χ3n) is 6.13. The number of anilines is 2. The van der Waals surface area contributed by atoms with Gasteiger partial charge >= 0.3 is 0 Å². The van der Waals surface area contributed by atoms with Crippen molar-refractivity contribution in [3.05, 3.63) is 71.5 Å². The first-order valence-corrected chi connectivity index (χ1v) is 11.4. The van der Waals surface area contributed by atoms with Crippen LogP contribution in [0.1, 0.15) is 38.7 Å². The van der Waals surface area contributed by atoms with Crippen molar-refractivity contribution in [1.82, 2.24) is 0 Å². The van der Waals surface area contributed by atoms with Crippen molar-refractivity contribution < 1.29 is 13.9 Å². The Morgan fingerprint density at radius 3 is 2.56 bits per heavy atom. The summed E-state index contributed by atoms with van der Waals surface area (Å²) in [7, 11) is 1.29. The van der Waals surface area contributed by atoms with E-state index < -0.39 is 11.4 Å². The highest BCUT2D eigenvalue weighted by Gasteiger charge is 2.51. The van der Waals surface area contributed by atoms with Crippen LogP contribution >= 0.6 is 12.2 Å². The molecule has 2 aromatic carbocycles. The van der Waals surface area contributed by atoms with E-state index in [1.54, 1.807) is 18.7 Å². The Kier molecular flexibility index (Phi) is 6.49. The van der Waals surface area contributed by atoms with Gasteiger partial charge in [0.1, 0.15) is 5.54 Å². The molecule has 0 aliphatic carbocycles. The molecule has 0 N–H and O–H groups in total. The summed E-state index contributed by atoms with van der Waals surface area (Å²) in [6, 6.07) is 10.8. The van der Waals surface area contributed by atoms with E-state index in [1.165, 1.54) is 35.4 Å². The highest BCUT2D eigenvalue weighted by Crippen LogP contribution is 2.41. The van der Waals surface area contributed by atoms with Crippen molar-refractivity contribution in [3.8, 4) is 5.75 Å². The van der Waals surface area contributed by atoms with Gasteiger partial charge in [0, 0.05) is 24.0 Å². The van der Waals surface area contributed by atoms with Crippen molar-refractivity contribution in [2.24, 2.45) is 4.99 Å². The average molecular weight is 477 g/mol. The van der Waals surface area contributed by atoms with Crippen molar-refractivity contribution in [2.75, 3.05) is 16.9 Å². The second-order valence-corrected chi connectivity index (χ2v) is 9.05. The molecule has 0 spiro atoms. The SMILES string of the molecule is [C-]#[N+]c1ccc(N2C(=O)C(C)(C)N(c3ccc(CCCC4=NC=CC4)cc3)C2=S)c(F)c1OC. The number of hydrogen-bond acceptors (Lipinski definition) is 4. The summed E-state index contributed by atoms with van der Waals surface area (Å²) < 4.78 is 20.3. The standard InChI is InChI=1S/C26H25FN4O2S/c1-26(2)24(32)30(21-15-14-20(28-3)23(33-4)22(21)27)25(34)31(26)19-12-10-17(11-13-19)7-5-8-18-9-6-16-29-18/h6,10-16H,5,7-9H2,1-2,4H3. The van der Waals surface area contributed by atoms with Crippen LogP contribution < -0.4 is 14.5 Å². The van der Waals surface area contributed by atoms with Gasteiger partial charge in [-0.05, 0) is 69.1 Å². The number of methoxy groups -OCH3 is 1. The fraction of sp³-hybridized carbons (Fsp3) is 0.308. The molecule has 2 aromatic rings. The fourth-order valence-corrected chi connectivity index (χ4v) is 4.82. The molecule has 0 bridgehead atoms. The Morgan fingerprint density at radius 2 is 1.94 bits per heavy atom. The minimum Gasteiger partial charge on any atom is -0.505 e. The van der Waals surface area contributed by atoms with Crippen LogP contribution in [0, 0.1) is 12.4 Å². The Hall–Kier alpha value is -3.57. The van der Waals surface area contributed by atoms with Gasteiger partial charge in [0.25, 0.3) is 5.91 Å². The highest BCUT2D eigenvalue weighted by molar-refractivity contribution is 7.81. The lowest BCUT2D eigenvalue weighted by Gasteiger charge is -2.29. The molecule has 174 valence electrons. The molecule has 0 atom stereocenters. The zero-order valence-electron chi connectivity index (χ0n) is 19.3. The van der Waals surface area contributed by atoms with Gasteiger partial charge < -0.3 is 9.64 Å². The zero-order valence-corrected chi connectivity index (χ0v) is 20.2. The number of hydrogen-bond donors (Lipinski definition) is 0. The summed E-state index contributed by atoms with van der Waals surface area (Å²) in [5.41, 5.74) is 2.13. The van der Waals surface area contributed by atoms with Crippen LogP contribution in [-0.2, 0) is 11.2 Å². The van der Waals surface area contributed by atoms with E-state index in [1.807, 2.05) is 30.5 Å². The molecule has 6 nitrogen and oxygen atoms in total. The van der Waals surface area contributed by atoms with Gasteiger partial charge in [0.05, 0.1) is 19.4 Å². The maximum atomic E-state index is 15.2. The number of thiocarbonyl (C=S) groups is 1. The predicted octanol–water partition coefficient (Wildman–Crippen LogP) is 5.98. The number of benzene rings is 2. The molecule has 0 saturated carbocycles. The van der Waals surface area contributed by atoms with Crippen LogP contribution in [0.3, 0.4) is 0 Å². The number of allylic oxidation sites excluding steroid dienone is 1. The second kappa shape index (κ2) is 9.35. The van der Waals surface area contributed by atoms with Crippen LogP contribution in [0.15, 0.2) is 53.7 Å². The lowest BCUT2D eigenvalue weighted by Crippen LogP contribution is -2.44. The van der Waals surface area contributed by atoms with Gasteiger partial charge in [-0.3, -0.25) is 14.7 Å². The molecule has 8 heteroatoms. The highest BCUT2D eigenvalue weighted by atomic mass is 32.1. The Bertz CT molecular complexity index is 1240. The summed E-state index contributed by atoms with van der Waals surface area (Å²) in [6.07, 6.45) is 7.78. The number of amides is 1. The van der Waals surface area contributed by atoms with Gasteiger partial charge in [0.15, 0.2) is 16.7 Å². The van der Waals surface area contributed by atoms with E-state index in [9.17, 15) is 4.79 Å². The Labute approximate surface area is 204 Å². The summed E-state index contributed by atoms with van der Waals surface area (Å²) in [5, 5.41) is 0.172. The maximum Gasteiger partial charge on any atom is 0.259 e. The van der Waals surface area contributed by atoms with E-state index >= 15 is 4.39 Å². The smallest absolute Gasteiger partial charge is 0.259 e. The molecule has 34 heavy (non-hydrogen) atoms. The minimum absolute atomic E-state index is 0.0317. The van der Waals surface area contributed by atoms with Crippen molar-refractivity contribution in [3.63, 3.8) is 0 Å². The Morgan fingerprint density at radius 1 is 1.21 bits per heavy atom. The van der Waals surface area contributed by atoms with Gasteiger partial charge in [-0.2, -0.15) is 0 Å². The van der Waals surface area contributed by atoms with Gasteiger partial charge in [-0.15, -0.1) is 0 Å². The van der Waals surface area contributed by atoms with E-state index in [4.69, 9.17) is 23.5 Å². The molecule has 1 amide bonds. The van der Waals surface area contributed by atoms with E-state index in [0.29, 0.717) is 0 Å². The lowest BCUT2D eigenvalue weighted by atomic mass is 10.0. The zero-order chi connectivity index (χ0) is 24.5. The molecule has 0 unspecified atom stereocenters. The van der Waals surface area contributed by atoms with E-state index in [-0.39, 0.29) is 28.1 Å². The average Bonchev–Trinajstić information content (AvgIpc) is 3.39. The van der Waals surface area contributed by atoms with E-state index in [2.05, 4.69) is 15.9 Å². The normalized spacial score (nSPS) is 16.7. The van der Waals surface area contributed by atoms with E-state index in [0.717, 1.165) is 31.4 Å². The van der Waals surface area contributed by atoms with Crippen LogP contribution in [-0.4, -0.2) is 29.4 Å². The molecule has 0 aromatic heterocycles. The van der Waals surface area contributed by atoms with Crippen molar-refractivity contribution >= 4 is 46.0 Å². The molecule has 0 radical (unpaired) electrons. The van der Waals surface area contributed by atoms with Gasteiger partial charge in [-0.1, -0.05) is 24.3 Å². The molecule has 1 saturated heterocycles. The summed E-state index contributed by atoms with van der Waals surface area (Å²) >= 11 is 5.66. The third-order valence-corrected chi connectivity index (χ3v) is 6.50. The second-order valence-electron chi connectivity index (χ2n) is 8.68. The van der Waals surface area contributed by atoms with Crippen LogP contribution in [0.4, 0.5) is 21.5 Å². The largest absolute Gasteiger partial charge is 0.505 e. The third kappa shape index (κ3) is 4.08. The molecule has 2 aliphatic heterocycles. The number of carbonyl (C=O) groups excluding carboxylic acids is 1. The molecular formula is C26H25FN4O2S. The predicted molar refractivity (Wildman–Crippen MR) is 136 cm³/mol. The Balaban J connectivity index is 1.57. The number of carbonyl (C=O) groups is 1. The van der Waals surface area contributed by atoms with Crippen LogP contribution in [0.25, 0.3) is 4.85 Å². The first-order chi connectivity index (χ1) is 16.3. The molecule has 4 rings (SSSR count). The molecular weight excluding hydrogens is 451 g/mol. The fourth-order valence-electron chi connectivity index (χ4n) is 4.31. The first kappa shape index (κ1) is 23.6. The minimum atomic E-state index is -1.02. The number of aliphatic imine (C=N–C) groups is 1. The van der Waals surface area contributed by atoms with Crippen LogP contribution in [0.5, 0.6) is 5.75 Å². The maximum absolute atomic E-state index is 15.2. The number of halogens is 1. The molecule has 1 fully saturated rings. The summed E-state index contributed by atoms with van der Waals surface area (Å²) in [6.45, 7) is 10.7. The quantitative estimate of drug-likeness (QED) is 0.364. The summed E-state index contributed by atoms with van der Waals surface area (Å²) in [4.78, 5) is 23.9. The van der Waals surface area contributed by atoms with Crippen molar-refractivity contribution in [2.45, 2.75) is 45.1 Å². The molecule has 2 aliphatic rings. The lowest BCUT2D eigenvalue weighted by molar-refractivity contribution is -0.120. The number of nitrogens with zero attached hydrogens (tertiary/aromatic N) is 4. The van der Waals surface area contributed by atoms with Gasteiger partial charge in [0.2, 0.25) is 5.69 Å². The van der Waals surface area contributed by atoms with Gasteiger partial charge in [-0.25, -0.2) is 9.24 Å². The number of aryl methyl sites for hydroxylation is 1. The first-order valence-electron chi connectivity index (χ1n) is 11.0. The number of ether oxygens (including phenoxy) is 1.